The molecule has 0 saturated carbocycles. The number of rotatable bonds is 5. The van der Waals surface area contributed by atoms with Gasteiger partial charge in [-0.05, 0) is 25.5 Å². The van der Waals surface area contributed by atoms with E-state index in [0.717, 1.165) is 0 Å². The summed E-state index contributed by atoms with van der Waals surface area (Å²) < 4.78 is 28.4. The van der Waals surface area contributed by atoms with Crippen molar-refractivity contribution in [2.75, 3.05) is 24.8 Å². The first kappa shape index (κ1) is 15.6. The molecule has 0 bridgehead atoms. The molecule has 1 aliphatic heterocycles. The highest BCUT2D eigenvalue weighted by Gasteiger charge is 2.33. The van der Waals surface area contributed by atoms with Gasteiger partial charge < -0.3 is 15.0 Å². The van der Waals surface area contributed by atoms with Gasteiger partial charge in [0, 0.05) is 12.6 Å². The van der Waals surface area contributed by atoms with E-state index >= 15 is 0 Å². The Kier molecular flexibility index (Phi) is 5.06. The summed E-state index contributed by atoms with van der Waals surface area (Å²) in [5.41, 5.74) is 0. The summed E-state index contributed by atoms with van der Waals surface area (Å²) in [5, 5.41) is 2.66. The predicted octanol–water partition coefficient (Wildman–Crippen LogP) is 1.24. The van der Waals surface area contributed by atoms with E-state index < -0.39 is 9.84 Å². The third kappa shape index (κ3) is 4.35. The number of hydrogen-bond acceptors (Lipinski definition) is 4. The van der Waals surface area contributed by atoms with Crippen molar-refractivity contribution >= 4 is 15.9 Å². The van der Waals surface area contributed by atoms with Crippen LogP contribution in [0.15, 0.2) is 30.3 Å². The van der Waals surface area contributed by atoms with E-state index in [1.165, 1.54) is 0 Å². The third-order valence-electron chi connectivity index (χ3n) is 3.46. The van der Waals surface area contributed by atoms with Crippen LogP contribution >= 0.6 is 0 Å². The lowest BCUT2D eigenvalue weighted by atomic mass is 10.2. The number of carbonyl (C=O) groups excluding carboxylic acids is 1. The third-order valence-corrected chi connectivity index (χ3v) is 5.21. The number of hydrogen-bond donors (Lipinski definition) is 1. The van der Waals surface area contributed by atoms with E-state index in [1.807, 2.05) is 25.1 Å². The van der Waals surface area contributed by atoms with Gasteiger partial charge >= 0.3 is 6.03 Å². The average Bonchev–Trinajstić information content (AvgIpc) is 2.81. The molecule has 116 valence electrons. The SMILES string of the molecule is CCN(C(=O)NCOc1ccccc1)C1CCS(=O)(=O)C1. The first-order chi connectivity index (χ1) is 10.0. The molecule has 1 saturated heterocycles. The summed E-state index contributed by atoms with van der Waals surface area (Å²) in [6.45, 7) is 2.36. The highest BCUT2D eigenvalue weighted by atomic mass is 32.2. The van der Waals surface area contributed by atoms with Gasteiger partial charge in [-0.1, -0.05) is 18.2 Å². The Balaban J connectivity index is 1.83. The lowest BCUT2D eigenvalue weighted by Gasteiger charge is -2.26. The van der Waals surface area contributed by atoms with Crippen molar-refractivity contribution in [2.24, 2.45) is 0 Å². The number of benzene rings is 1. The van der Waals surface area contributed by atoms with Crippen LogP contribution in [0.3, 0.4) is 0 Å². The quantitative estimate of drug-likeness (QED) is 0.830. The van der Waals surface area contributed by atoms with E-state index in [9.17, 15) is 13.2 Å². The summed E-state index contributed by atoms with van der Waals surface area (Å²) in [6, 6.07) is 8.63. The Morgan fingerprint density at radius 2 is 2.10 bits per heavy atom. The highest BCUT2D eigenvalue weighted by Crippen LogP contribution is 2.17. The number of sulfone groups is 1. The molecule has 21 heavy (non-hydrogen) atoms. The second kappa shape index (κ2) is 6.80. The Morgan fingerprint density at radius 1 is 1.38 bits per heavy atom. The van der Waals surface area contributed by atoms with Crippen molar-refractivity contribution < 1.29 is 17.9 Å². The van der Waals surface area contributed by atoms with Gasteiger partial charge in [0.05, 0.1) is 11.5 Å². The molecule has 1 heterocycles. The number of nitrogens with one attached hydrogen (secondary N) is 1. The summed E-state index contributed by atoms with van der Waals surface area (Å²) >= 11 is 0. The first-order valence-corrected chi connectivity index (χ1v) is 8.76. The molecule has 0 aliphatic carbocycles. The summed E-state index contributed by atoms with van der Waals surface area (Å²) in [4.78, 5) is 13.7. The zero-order valence-electron chi connectivity index (χ0n) is 12.0. The number of para-hydroxylation sites is 1. The van der Waals surface area contributed by atoms with Crippen LogP contribution < -0.4 is 10.1 Å². The van der Waals surface area contributed by atoms with E-state index in [-0.39, 0.29) is 30.3 Å². The van der Waals surface area contributed by atoms with Crippen LogP contribution in [0.5, 0.6) is 5.75 Å². The van der Waals surface area contributed by atoms with Gasteiger partial charge in [0.1, 0.15) is 5.75 Å². The van der Waals surface area contributed by atoms with Crippen molar-refractivity contribution in [2.45, 2.75) is 19.4 Å². The van der Waals surface area contributed by atoms with Gasteiger partial charge in [0.2, 0.25) is 0 Å². The topological polar surface area (TPSA) is 75.7 Å². The molecule has 1 unspecified atom stereocenters. The number of amides is 2. The molecular formula is C14H20N2O4S. The monoisotopic (exact) mass is 312 g/mol. The van der Waals surface area contributed by atoms with Crippen LogP contribution in [0.25, 0.3) is 0 Å². The molecule has 2 rings (SSSR count). The maximum atomic E-state index is 12.1. The van der Waals surface area contributed by atoms with E-state index in [4.69, 9.17) is 4.74 Å². The maximum absolute atomic E-state index is 12.1. The van der Waals surface area contributed by atoms with Crippen LogP contribution in [0.1, 0.15) is 13.3 Å². The van der Waals surface area contributed by atoms with Crippen molar-refractivity contribution in [1.29, 1.82) is 0 Å². The van der Waals surface area contributed by atoms with Gasteiger partial charge in [0.25, 0.3) is 0 Å². The van der Waals surface area contributed by atoms with Gasteiger partial charge in [-0.2, -0.15) is 0 Å². The van der Waals surface area contributed by atoms with Crippen molar-refractivity contribution in [3.8, 4) is 5.75 Å². The van der Waals surface area contributed by atoms with Crippen molar-refractivity contribution in [3.05, 3.63) is 30.3 Å². The lowest BCUT2D eigenvalue weighted by Crippen LogP contribution is -2.47. The minimum absolute atomic E-state index is 0.0494. The number of nitrogens with zero attached hydrogens (tertiary/aromatic N) is 1. The fourth-order valence-corrected chi connectivity index (χ4v) is 4.12. The summed E-state index contributed by atoms with van der Waals surface area (Å²) in [5.74, 6) is 0.875. The van der Waals surface area contributed by atoms with E-state index in [1.54, 1.807) is 17.0 Å². The number of ether oxygens (including phenoxy) is 1. The smallest absolute Gasteiger partial charge is 0.320 e. The van der Waals surface area contributed by atoms with Crippen LogP contribution in [-0.4, -0.2) is 50.2 Å². The van der Waals surface area contributed by atoms with Gasteiger partial charge in [-0.15, -0.1) is 0 Å². The Labute approximate surface area is 125 Å². The molecule has 0 radical (unpaired) electrons. The molecule has 1 aromatic rings. The van der Waals surface area contributed by atoms with Crippen LogP contribution in [-0.2, 0) is 9.84 Å². The Morgan fingerprint density at radius 3 is 2.67 bits per heavy atom. The predicted molar refractivity (Wildman–Crippen MR) is 79.9 cm³/mol. The zero-order chi connectivity index (χ0) is 15.3. The Hall–Kier alpha value is -1.76. The molecule has 1 atom stereocenters. The zero-order valence-corrected chi connectivity index (χ0v) is 12.8. The summed E-state index contributed by atoms with van der Waals surface area (Å²) in [6.07, 6.45) is 0.503. The second-order valence-electron chi connectivity index (χ2n) is 4.93. The lowest BCUT2D eigenvalue weighted by molar-refractivity contribution is 0.172. The van der Waals surface area contributed by atoms with Gasteiger partial charge in [-0.3, -0.25) is 0 Å². The maximum Gasteiger partial charge on any atom is 0.320 e. The van der Waals surface area contributed by atoms with Crippen LogP contribution in [0.2, 0.25) is 0 Å². The standard InChI is InChI=1S/C14H20N2O4S/c1-2-16(12-8-9-21(18,19)10-12)14(17)15-11-20-13-6-4-3-5-7-13/h3-7,12H,2,8-11H2,1H3,(H,15,17). The summed E-state index contributed by atoms with van der Waals surface area (Å²) in [7, 11) is -3.00. The fourth-order valence-electron chi connectivity index (χ4n) is 2.39. The van der Waals surface area contributed by atoms with Crippen LogP contribution in [0.4, 0.5) is 4.79 Å². The van der Waals surface area contributed by atoms with Gasteiger partial charge in [0.15, 0.2) is 16.6 Å². The number of urea groups is 1. The molecule has 1 N–H and O–H groups in total. The van der Waals surface area contributed by atoms with E-state index in [0.29, 0.717) is 18.7 Å². The largest absolute Gasteiger partial charge is 0.473 e. The van der Waals surface area contributed by atoms with Gasteiger partial charge in [-0.25, -0.2) is 13.2 Å². The molecule has 1 aromatic carbocycles. The molecule has 6 nitrogen and oxygen atoms in total. The Bertz CT molecular complexity index is 574. The molecule has 0 spiro atoms. The molecule has 7 heteroatoms. The van der Waals surface area contributed by atoms with E-state index in [2.05, 4.69) is 5.32 Å². The number of carbonyl (C=O) groups is 1. The minimum atomic E-state index is -3.00. The van der Waals surface area contributed by atoms with Crippen molar-refractivity contribution in [1.82, 2.24) is 10.2 Å². The minimum Gasteiger partial charge on any atom is -0.473 e. The van der Waals surface area contributed by atoms with Crippen molar-refractivity contribution in [3.63, 3.8) is 0 Å². The molecular weight excluding hydrogens is 292 g/mol. The normalized spacial score (nSPS) is 20.0. The first-order valence-electron chi connectivity index (χ1n) is 6.94. The molecule has 2 amide bonds. The molecule has 1 aliphatic rings. The highest BCUT2D eigenvalue weighted by molar-refractivity contribution is 7.91. The molecule has 1 fully saturated rings. The average molecular weight is 312 g/mol. The fraction of sp³-hybridized carbons (Fsp3) is 0.500. The second-order valence-corrected chi connectivity index (χ2v) is 7.16. The van der Waals surface area contributed by atoms with Crippen LogP contribution in [0, 0.1) is 0 Å². The molecule has 0 aromatic heterocycles.